The van der Waals surface area contributed by atoms with E-state index in [1.165, 1.54) is 17.3 Å². The molecule has 166 valence electrons. The molecule has 1 aromatic carbocycles. The zero-order valence-corrected chi connectivity index (χ0v) is 18.3. The Morgan fingerprint density at radius 1 is 1.09 bits per heavy atom. The molecule has 1 saturated heterocycles. The SMILES string of the molecule is Cc1ccc(CCC2CCN(C(=O)c3cnc4c(c3)c(=O)[nH]c(=O)n4C3CC3)CC2)cc1. The topological polar surface area (TPSA) is 88.1 Å². The predicted octanol–water partition coefficient (Wildman–Crippen LogP) is 3.21. The van der Waals surface area contributed by atoms with E-state index in [-0.39, 0.29) is 11.9 Å². The second-order valence-corrected chi connectivity index (χ2v) is 9.22. The number of hydrogen-bond donors (Lipinski definition) is 1. The maximum Gasteiger partial charge on any atom is 0.330 e. The van der Waals surface area contributed by atoms with Crippen LogP contribution >= 0.6 is 0 Å². The van der Waals surface area contributed by atoms with Gasteiger partial charge in [-0.25, -0.2) is 9.78 Å². The maximum absolute atomic E-state index is 13.1. The zero-order chi connectivity index (χ0) is 22.2. The van der Waals surface area contributed by atoms with Gasteiger partial charge in [-0.05, 0) is 63.0 Å². The van der Waals surface area contributed by atoms with E-state index < -0.39 is 11.2 Å². The number of carbonyl (C=O) groups excluding carboxylic acids is 1. The van der Waals surface area contributed by atoms with Crippen LogP contribution in [0.2, 0.25) is 0 Å². The Kier molecular flexibility index (Phi) is 5.41. The molecule has 3 aromatic rings. The molecule has 2 fully saturated rings. The summed E-state index contributed by atoms with van der Waals surface area (Å²) in [6, 6.07) is 10.4. The van der Waals surface area contributed by atoms with Crippen LogP contribution in [0, 0.1) is 12.8 Å². The van der Waals surface area contributed by atoms with E-state index in [1.54, 1.807) is 10.6 Å². The first kappa shape index (κ1) is 20.7. The van der Waals surface area contributed by atoms with Gasteiger partial charge in [-0.15, -0.1) is 0 Å². The van der Waals surface area contributed by atoms with E-state index in [9.17, 15) is 14.4 Å². The highest BCUT2D eigenvalue weighted by Gasteiger charge is 2.29. The molecule has 7 nitrogen and oxygen atoms in total. The van der Waals surface area contributed by atoms with Crippen LogP contribution in [-0.4, -0.2) is 38.4 Å². The number of H-pyrrole nitrogens is 1. The van der Waals surface area contributed by atoms with Crippen LogP contribution in [0.1, 0.15) is 59.6 Å². The van der Waals surface area contributed by atoms with Gasteiger partial charge in [0.15, 0.2) is 0 Å². The third-order valence-corrected chi connectivity index (χ3v) is 6.80. The van der Waals surface area contributed by atoms with Gasteiger partial charge in [0.1, 0.15) is 5.65 Å². The number of pyridine rings is 1. The largest absolute Gasteiger partial charge is 0.339 e. The highest BCUT2D eigenvalue weighted by atomic mass is 16.2. The molecule has 1 N–H and O–H groups in total. The molecular formula is C25H28N4O3. The summed E-state index contributed by atoms with van der Waals surface area (Å²) in [5, 5.41) is 0.301. The van der Waals surface area contributed by atoms with Crippen molar-refractivity contribution in [3.8, 4) is 0 Å². The van der Waals surface area contributed by atoms with Crippen LogP contribution in [0.15, 0.2) is 46.1 Å². The van der Waals surface area contributed by atoms with Gasteiger partial charge in [0, 0.05) is 25.3 Å². The first-order chi connectivity index (χ1) is 15.5. The molecule has 0 atom stereocenters. The Balaban J connectivity index is 1.25. The highest BCUT2D eigenvalue weighted by molar-refractivity contribution is 5.96. The number of aromatic amines is 1. The molecule has 0 spiro atoms. The number of aromatic nitrogens is 3. The first-order valence-corrected chi connectivity index (χ1v) is 11.5. The lowest BCUT2D eigenvalue weighted by molar-refractivity contribution is 0.0686. The summed E-state index contributed by atoms with van der Waals surface area (Å²) < 4.78 is 1.55. The number of piperidine rings is 1. The average Bonchev–Trinajstić information content (AvgIpc) is 3.64. The standard InChI is InChI=1S/C25H28N4O3/c1-16-2-4-17(5-3-16)6-7-18-10-12-28(13-11-18)24(31)19-14-21-22(26-15-19)29(20-8-9-20)25(32)27-23(21)30/h2-5,14-15,18,20H,6-13H2,1H3,(H,27,30,32). The van der Waals surface area contributed by atoms with Crippen molar-refractivity contribution in [2.45, 2.75) is 51.5 Å². The van der Waals surface area contributed by atoms with Gasteiger partial charge in [0.25, 0.3) is 11.5 Å². The smallest absolute Gasteiger partial charge is 0.330 e. The van der Waals surface area contributed by atoms with Crippen LogP contribution in [0.3, 0.4) is 0 Å². The van der Waals surface area contributed by atoms with Crippen molar-refractivity contribution in [3.63, 3.8) is 0 Å². The van der Waals surface area contributed by atoms with Gasteiger partial charge in [-0.1, -0.05) is 29.8 Å². The Hall–Kier alpha value is -3.22. The molecule has 0 bridgehead atoms. The van der Waals surface area contributed by atoms with E-state index in [1.807, 2.05) is 4.90 Å². The van der Waals surface area contributed by atoms with E-state index in [2.05, 4.69) is 41.2 Å². The summed E-state index contributed by atoms with van der Waals surface area (Å²) in [6.45, 7) is 3.53. The van der Waals surface area contributed by atoms with Gasteiger partial charge in [0.2, 0.25) is 0 Å². The second-order valence-electron chi connectivity index (χ2n) is 9.22. The Morgan fingerprint density at radius 2 is 1.81 bits per heavy atom. The molecule has 2 aliphatic rings. The van der Waals surface area contributed by atoms with Crippen molar-refractivity contribution in [2.24, 2.45) is 5.92 Å². The number of hydrogen-bond acceptors (Lipinski definition) is 4. The molecule has 1 aliphatic heterocycles. The van der Waals surface area contributed by atoms with Crippen molar-refractivity contribution in [3.05, 3.63) is 74.1 Å². The van der Waals surface area contributed by atoms with Crippen LogP contribution in [0.5, 0.6) is 0 Å². The molecule has 0 radical (unpaired) electrons. The molecule has 1 amide bonds. The number of amides is 1. The monoisotopic (exact) mass is 432 g/mol. The minimum absolute atomic E-state index is 0.0924. The third-order valence-electron chi connectivity index (χ3n) is 6.80. The number of benzene rings is 1. The molecule has 2 aromatic heterocycles. The lowest BCUT2D eigenvalue weighted by atomic mass is 9.90. The normalized spacial score (nSPS) is 17.1. The second kappa shape index (κ2) is 8.37. The van der Waals surface area contributed by atoms with Gasteiger partial charge in [-0.3, -0.25) is 19.1 Å². The molecular weight excluding hydrogens is 404 g/mol. The Bertz CT molecular complexity index is 1260. The number of fused-ring (bicyclic) bond motifs is 1. The summed E-state index contributed by atoms with van der Waals surface area (Å²) in [5.74, 6) is 0.519. The molecule has 1 aliphatic carbocycles. The van der Waals surface area contributed by atoms with Crippen molar-refractivity contribution in [2.75, 3.05) is 13.1 Å². The fourth-order valence-corrected chi connectivity index (χ4v) is 4.66. The lowest BCUT2D eigenvalue weighted by Crippen LogP contribution is -2.38. The Morgan fingerprint density at radius 3 is 2.50 bits per heavy atom. The number of carbonyl (C=O) groups is 1. The number of likely N-dealkylation sites (tertiary alicyclic amines) is 1. The van der Waals surface area contributed by atoms with Crippen LogP contribution in [0.25, 0.3) is 11.0 Å². The van der Waals surface area contributed by atoms with Gasteiger partial charge in [0.05, 0.1) is 10.9 Å². The maximum atomic E-state index is 13.1. The van der Waals surface area contributed by atoms with Crippen molar-refractivity contribution in [1.29, 1.82) is 0 Å². The van der Waals surface area contributed by atoms with E-state index in [0.29, 0.717) is 35.6 Å². The molecule has 7 heteroatoms. The molecule has 0 unspecified atom stereocenters. The fourth-order valence-electron chi connectivity index (χ4n) is 4.66. The van der Waals surface area contributed by atoms with Gasteiger partial charge in [-0.2, -0.15) is 0 Å². The van der Waals surface area contributed by atoms with E-state index >= 15 is 0 Å². The minimum Gasteiger partial charge on any atom is -0.339 e. The first-order valence-electron chi connectivity index (χ1n) is 11.5. The third kappa shape index (κ3) is 4.11. The number of aryl methyl sites for hydroxylation is 2. The van der Waals surface area contributed by atoms with Crippen molar-refractivity contribution in [1.82, 2.24) is 19.4 Å². The quantitative estimate of drug-likeness (QED) is 0.671. The van der Waals surface area contributed by atoms with Gasteiger partial charge < -0.3 is 4.90 Å². The molecule has 1 saturated carbocycles. The van der Waals surface area contributed by atoms with Crippen LogP contribution in [0.4, 0.5) is 0 Å². The van der Waals surface area contributed by atoms with Gasteiger partial charge >= 0.3 is 5.69 Å². The average molecular weight is 433 g/mol. The summed E-state index contributed by atoms with van der Waals surface area (Å²) in [5.41, 5.74) is 2.51. The van der Waals surface area contributed by atoms with Crippen LogP contribution < -0.4 is 11.2 Å². The zero-order valence-electron chi connectivity index (χ0n) is 18.3. The predicted molar refractivity (Wildman–Crippen MR) is 123 cm³/mol. The number of nitrogens with zero attached hydrogens (tertiary/aromatic N) is 3. The van der Waals surface area contributed by atoms with Crippen LogP contribution in [-0.2, 0) is 6.42 Å². The van der Waals surface area contributed by atoms with Crippen molar-refractivity contribution >= 4 is 16.9 Å². The number of rotatable bonds is 5. The lowest BCUT2D eigenvalue weighted by Gasteiger charge is -2.32. The van der Waals surface area contributed by atoms with Crippen molar-refractivity contribution < 1.29 is 4.79 Å². The van der Waals surface area contributed by atoms with E-state index in [4.69, 9.17) is 0 Å². The summed E-state index contributed by atoms with van der Waals surface area (Å²) in [6.07, 6.45) is 7.49. The molecule has 32 heavy (non-hydrogen) atoms. The summed E-state index contributed by atoms with van der Waals surface area (Å²) in [7, 11) is 0. The number of nitrogens with one attached hydrogen (secondary N) is 1. The molecule has 5 rings (SSSR count). The Labute approximate surface area is 186 Å². The molecule has 3 heterocycles. The summed E-state index contributed by atoms with van der Waals surface area (Å²) in [4.78, 5) is 46.2. The van der Waals surface area contributed by atoms with E-state index in [0.717, 1.165) is 38.5 Å². The highest BCUT2D eigenvalue weighted by Crippen LogP contribution is 2.34. The minimum atomic E-state index is -0.487. The fraction of sp³-hybridized carbons (Fsp3) is 0.440. The summed E-state index contributed by atoms with van der Waals surface area (Å²) >= 11 is 0.